The van der Waals surface area contributed by atoms with Gasteiger partial charge in [0.1, 0.15) is 6.10 Å². The largest absolute Gasteiger partial charge is 0.365 e. The molecule has 17 heavy (non-hydrogen) atoms. The van der Waals surface area contributed by atoms with Crippen molar-refractivity contribution in [1.82, 2.24) is 0 Å². The average molecular weight is 224 g/mol. The van der Waals surface area contributed by atoms with Crippen LogP contribution in [0, 0.1) is 0 Å². The highest BCUT2D eigenvalue weighted by atomic mass is 16.5. The highest BCUT2D eigenvalue weighted by Gasteiger charge is 2.12. The van der Waals surface area contributed by atoms with Crippen molar-refractivity contribution in [3.05, 3.63) is 84.4 Å². The van der Waals surface area contributed by atoms with Crippen LogP contribution >= 0.6 is 0 Å². The Labute approximate surface area is 102 Å². The summed E-state index contributed by atoms with van der Waals surface area (Å²) in [6, 6.07) is 20.5. The predicted molar refractivity (Wildman–Crippen MR) is 70.9 cm³/mol. The summed E-state index contributed by atoms with van der Waals surface area (Å²) in [5, 5.41) is 0. The average Bonchev–Trinajstić information content (AvgIpc) is 2.42. The molecule has 0 spiro atoms. The number of benzene rings is 2. The molecule has 0 aromatic heterocycles. The fraction of sp³-hybridized carbons (Fsp3) is 0.125. The second-order valence-corrected chi connectivity index (χ2v) is 3.82. The highest BCUT2D eigenvalue weighted by Crippen LogP contribution is 2.25. The summed E-state index contributed by atoms with van der Waals surface area (Å²) < 4.78 is 5.85. The van der Waals surface area contributed by atoms with E-state index in [4.69, 9.17) is 4.74 Å². The molecule has 0 bridgehead atoms. The van der Waals surface area contributed by atoms with Crippen LogP contribution in [-0.4, -0.2) is 6.61 Å². The Morgan fingerprint density at radius 2 is 1.35 bits per heavy atom. The molecule has 0 aliphatic rings. The molecule has 0 radical (unpaired) electrons. The van der Waals surface area contributed by atoms with E-state index in [-0.39, 0.29) is 6.10 Å². The topological polar surface area (TPSA) is 9.23 Å². The maximum Gasteiger partial charge on any atom is 0.108 e. The summed E-state index contributed by atoms with van der Waals surface area (Å²) >= 11 is 0. The molecule has 0 fully saturated rings. The first-order valence-corrected chi connectivity index (χ1v) is 5.74. The van der Waals surface area contributed by atoms with Crippen LogP contribution in [-0.2, 0) is 4.74 Å². The summed E-state index contributed by atoms with van der Waals surface area (Å²) in [5.74, 6) is 0. The van der Waals surface area contributed by atoms with Gasteiger partial charge < -0.3 is 4.74 Å². The minimum Gasteiger partial charge on any atom is -0.365 e. The molecular weight excluding hydrogens is 208 g/mol. The van der Waals surface area contributed by atoms with Gasteiger partial charge >= 0.3 is 0 Å². The van der Waals surface area contributed by atoms with Gasteiger partial charge in [0.25, 0.3) is 0 Å². The van der Waals surface area contributed by atoms with Gasteiger partial charge in [0.2, 0.25) is 0 Å². The van der Waals surface area contributed by atoms with Crippen LogP contribution in [0.1, 0.15) is 17.2 Å². The quantitative estimate of drug-likeness (QED) is 0.698. The van der Waals surface area contributed by atoms with Crippen molar-refractivity contribution in [2.45, 2.75) is 6.10 Å². The van der Waals surface area contributed by atoms with Crippen molar-refractivity contribution >= 4 is 0 Å². The zero-order valence-corrected chi connectivity index (χ0v) is 9.75. The van der Waals surface area contributed by atoms with E-state index in [0.29, 0.717) is 6.61 Å². The van der Waals surface area contributed by atoms with Gasteiger partial charge in [-0.25, -0.2) is 0 Å². The molecule has 1 heteroatoms. The maximum absolute atomic E-state index is 5.85. The molecule has 2 aromatic carbocycles. The van der Waals surface area contributed by atoms with E-state index in [1.165, 1.54) is 11.1 Å². The van der Waals surface area contributed by atoms with Crippen LogP contribution in [0.4, 0.5) is 0 Å². The second kappa shape index (κ2) is 6.02. The van der Waals surface area contributed by atoms with E-state index in [1.54, 1.807) is 6.08 Å². The first kappa shape index (κ1) is 11.6. The Morgan fingerprint density at radius 1 is 0.882 bits per heavy atom. The van der Waals surface area contributed by atoms with Crippen LogP contribution in [0.5, 0.6) is 0 Å². The van der Waals surface area contributed by atoms with Gasteiger partial charge in [-0.2, -0.15) is 0 Å². The van der Waals surface area contributed by atoms with Gasteiger partial charge in [0, 0.05) is 0 Å². The van der Waals surface area contributed by atoms with Gasteiger partial charge in [-0.3, -0.25) is 0 Å². The van der Waals surface area contributed by atoms with Crippen molar-refractivity contribution in [2.24, 2.45) is 0 Å². The lowest BCUT2D eigenvalue weighted by molar-refractivity contribution is 0.104. The molecule has 2 rings (SSSR count). The zero-order valence-electron chi connectivity index (χ0n) is 9.75. The fourth-order valence-electron chi connectivity index (χ4n) is 1.80. The van der Waals surface area contributed by atoms with Crippen LogP contribution in [0.2, 0.25) is 0 Å². The molecule has 0 aliphatic heterocycles. The third-order valence-electron chi connectivity index (χ3n) is 2.59. The minimum atomic E-state index is -0.0181. The molecule has 0 aliphatic carbocycles. The Balaban J connectivity index is 2.29. The summed E-state index contributed by atoms with van der Waals surface area (Å²) in [6.07, 6.45) is 1.76. The van der Waals surface area contributed by atoms with E-state index < -0.39 is 0 Å². The number of hydrogen-bond donors (Lipinski definition) is 0. The summed E-state index contributed by atoms with van der Waals surface area (Å²) in [6.45, 7) is 4.25. The molecule has 2 aromatic rings. The molecule has 0 N–H and O–H groups in total. The number of rotatable bonds is 5. The SMILES string of the molecule is C=CCOC(c1ccccc1)c1ccccc1. The van der Waals surface area contributed by atoms with Crippen molar-refractivity contribution in [1.29, 1.82) is 0 Å². The van der Waals surface area contributed by atoms with Crippen molar-refractivity contribution in [2.75, 3.05) is 6.61 Å². The van der Waals surface area contributed by atoms with Gasteiger partial charge in [-0.15, -0.1) is 6.58 Å². The molecule has 0 amide bonds. The lowest BCUT2D eigenvalue weighted by Crippen LogP contribution is -2.06. The highest BCUT2D eigenvalue weighted by molar-refractivity contribution is 5.29. The number of hydrogen-bond acceptors (Lipinski definition) is 1. The van der Waals surface area contributed by atoms with Gasteiger partial charge in [-0.05, 0) is 11.1 Å². The van der Waals surface area contributed by atoms with Gasteiger partial charge in [0.05, 0.1) is 6.61 Å². The van der Waals surface area contributed by atoms with E-state index in [9.17, 15) is 0 Å². The molecule has 0 saturated heterocycles. The second-order valence-electron chi connectivity index (χ2n) is 3.82. The van der Waals surface area contributed by atoms with Gasteiger partial charge in [0.15, 0.2) is 0 Å². The van der Waals surface area contributed by atoms with E-state index >= 15 is 0 Å². The van der Waals surface area contributed by atoms with E-state index in [1.807, 2.05) is 36.4 Å². The lowest BCUT2D eigenvalue weighted by atomic mass is 10.0. The third kappa shape index (κ3) is 3.05. The molecule has 0 unspecified atom stereocenters. The smallest absolute Gasteiger partial charge is 0.108 e. The van der Waals surface area contributed by atoms with Crippen LogP contribution in [0.3, 0.4) is 0 Å². The van der Waals surface area contributed by atoms with Crippen molar-refractivity contribution in [3.8, 4) is 0 Å². The summed E-state index contributed by atoms with van der Waals surface area (Å²) in [5.41, 5.74) is 2.33. The Hall–Kier alpha value is -1.86. The fourth-order valence-corrected chi connectivity index (χ4v) is 1.80. The monoisotopic (exact) mass is 224 g/mol. The first-order chi connectivity index (χ1) is 8.42. The normalized spacial score (nSPS) is 10.4. The molecule has 86 valence electrons. The van der Waals surface area contributed by atoms with Crippen molar-refractivity contribution in [3.63, 3.8) is 0 Å². The Morgan fingerprint density at radius 3 is 1.76 bits per heavy atom. The lowest BCUT2D eigenvalue weighted by Gasteiger charge is -2.17. The van der Waals surface area contributed by atoms with E-state index in [2.05, 4.69) is 30.8 Å². The molecule has 0 atom stereocenters. The van der Waals surface area contributed by atoms with Crippen LogP contribution < -0.4 is 0 Å². The van der Waals surface area contributed by atoms with E-state index in [0.717, 1.165) is 0 Å². The minimum absolute atomic E-state index is 0.0181. The Bertz CT molecular complexity index is 408. The summed E-state index contributed by atoms with van der Waals surface area (Å²) in [4.78, 5) is 0. The summed E-state index contributed by atoms with van der Waals surface area (Å²) in [7, 11) is 0. The van der Waals surface area contributed by atoms with Gasteiger partial charge in [-0.1, -0.05) is 66.7 Å². The van der Waals surface area contributed by atoms with Crippen LogP contribution in [0.25, 0.3) is 0 Å². The molecule has 1 nitrogen and oxygen atoms in total. The predicted octanol–water partition coefficient (Wildman–Crippen LogP) is 3.98. The molecule has 0 saturated carbocycles. The third-order valence-corrected chi connectivity index (χ3v) is 2.59. The maximum atomic E-state index is 5.85. The molecule has 0 heterocycles. The standard InChI is InChI=1S/C16H16O/c1-2-13-17-16(14-9-5-3-6-10-14)15-11-7-4-8-12-15/h2-12,16H,1,13H2. The van der Waals surface area contributed by atoms with Crippen LogP contribution in [0.15, 0.2) is 73.3 Å². The first-order valence-electron chi connectivity index (χ1n) is 5.74. The number of ether oxygens (including phenoxy) is 1. The Kier molecular flexibility index (Phi) is 4.11. The molecular formula is C16H16O. The van der Waals surface area contributed by atoms with Crippen molar-refractivity contribution < 1.29 is 4.74 Å². The zero-order chi connectivity index (χ0) is 11.9.